The normalized spacial score (nSPS) is 13.7. The Labute approximate surface area is 186 Å². The molecule has 1 aromatic heterocycles. The number of carbonyl (C=O) groups excluding carboxylic acids is 2. The van der Waals surface area contributed by atoms with Crippen LogP contribution in [0, 0.1) is 0 Å². The van der Waals surface area contributed by atoms with Gasteiger partial charge in [-0.3, -0.25) is 14.5 Å². The number of hydrogen-bond acceptors (Lipinski definition) is 5. The molecule has 3 rings (SSSR count). The van der Waals surface area contributed by atoms with Crippen molar-refractivity contribution in [3.63, 3.8) is 0 Å². The molecule has 0 unspecified atom stereocenters. The first-order chi connectivity index (χ1) is 13.4. The number of fused-ring (bicyclic) bond motifs is 1. The third-order valence-electron chi connectivity index (χ3n) is 4.74. The molecule has 2 amide bonds. The quantitative estimate of drug-likeness (QED) is 0.612. The predicted octanol–water partition coefficient (Wildman–Crippen LogP) is 4.33. The molecule has 0 atom stereocenters. The maximum atomic E-state index is 12.6. The van der Waals surface area contributed by atoms with E-state index in [1.165, 1.54) is 16.2 Å². The zero-order valence-corrected chi connectivity index (χ0v) is 19.4. The van der Waals surface area contributed by atoms with Crippen LogP contribution in [0.2, 0.25) is 0 Å². The summed E-state index contributed by atoms with van der Waals surface area (Å²) in [5, 5.41) is 4.05. The highest BCUT2D eigenvalue weighted by Gasteiger charge is 2.27. The molecule has 0 fully saturated rings. The molecule has 8 heteroatoms. The topological polar surface area (TPSA) is 75.4 Å². The van der Waals surface area contributed by atoms with Gasteiger partial charge >= 0.3 is 0 Å². The molecule has 3 N–H and O–H groups in total. The van der Waals surface area contributed by atoms with Crippen molar-refractivity contribution in [3.05, 3.63) is 45.8 Å². The summed E-state index contributed by atoms with van der Waals surface area (Å²) in [6.07, 6.45) is 1.07. The summed E-state index contributed by atoms with van der Waals surface area (Å²) >= 11 is 3.28. The predicted molar refractivity (Wildman–Crippen MR) is 125 cm³/mol. The highest BCUT2D eigenvalue weighted by atomic mass is 35.5. The van der Waals surface area contributed by atoms with Gasteiger partial charge in [0.15, 0.2) is 0 Å². The lowest BCUT2D eigenvalue weighted by Gasteiger charge is -2.25. The Morgan fingerprint density at radius 1 is 1.28 bits per heavy atom. The summed E-state index contributed by atoms with van der Waals surface area (Å²) in [5.74, 6) is -0.592. The van der Waals surface area contributed by atoms with Crippen molar-refractivity contribution in [1.29, 1.82) is 0 Å². The van der Waals surface area contributed by atoms with Gasteiger partial charge in [-0.15, -0.1) is 35.5 Å². The fraction of sp³-hybridized carbons (Fsp3) is 0.429. The summed E-state index contributed by atoms with van der Waals surface area (Å²) in [6.45, 7) is 9.12. The number of anilines is 1. The van der Waals surface area contributed by atoms with Gasteiger partial charge < -0.3 is 11.1 Å². The Hall–Kier alpha value is -1.54. The second-order valence-electron chi connectivity index (χ2n) is 7.23. The number of benzene rings is 1. The largest absolute Gasteiger partial charge is 0.365 e. The van der Waals surface area contributed by atoms with Crippen LogP contribution in [0.5, 0.6) is 0 Å². The van der Waals surface area contributed by atoms with Gasteiger partial charge in [0.2, 0.25) is 5.91 Å². The van der Waals surface area contributed by atoms with Gasteiger partial charge in [-0.05, 0) is 36.2 Å². The first kappa shape index (κ1) is 23.7. The van der Waals surface area contributed by atoms with E-state index >= 15 is 0 Å². The van der Waals surface area contributed by atoms with Crippen molar-refractivity contribution >= 4 is 52.3 Å². The number of nitrogens with two attached hydrogens (primary N) is 1. The van der Waals surface area contributed by atoms with Gasteiger partial charge in [-0.1, -0.05) is 32.9 Å². The molecule has 2 aromatic rings. The van der Waals surface area contributed by atoms with E-state index in [1.807, 2.05) is 24.3 Å². The van der Waals surface area contributed by atoms with Crippen molar-refractivity contribution in [1.82, 2.24) is 4.90 Å². The molecule has 5 nitrogen and oxygen atoms in total. The van der Waals surface area contributed by atoms with Gasteiger partial charge in [-0.2, -0.15) is 0 Å². The Balaban J connectivity index is 0.00000300. The van der Waals surface area contributed by atoms with E-state index in [0.29, 0.717) is 15.8 Å². The molecule has 0 saturated heterocycles. The van der Waals surface area contributed by atoms with Crippen LogP contribution in [0.15, 0.2) is 29.2 Å². The van der Waals surface area contributed by atoms with Crippen molar-refractivity contribution in [2.24, 2.45) is 5.73 Å². The van der Waals surface area contributed by atoms with Gasteiger partial charge in [0.05, 0.1) is 12.0 Å². The number of hydrogen-bond donors (Lipinski definition) is 2. The third-order valence-corrected chi connectivity index (χ3v) is 6.89. The van der Waals surface area contributed by atoms with E-state index in [1.54, 1.807) is 11.8 Å². The van der Waals surface area contributed by atoms with Gasteiger partial charge in [0.25, 0.3) is 5.91 Å². The summed E-state index contributed by atoms with van der Waals surface area (Å²) in [6, 6.07) is 8.06. The number of likely N-dealkylation sites (N-methyl/N-ethyl adjacent to an activating group) is 1. The smallest absolute Gasteiger partial charge is 0.251 e. The standard InChI is InChI=1S/C21H27N3O2S2.ClH/c1-4-24-10-9-16-17(12-24)28-21(19(16)20(22)26)23-18(25)11-14-5-7-15(8-6-14)27-13(2)3;/h5-8,13H,4,9-12H2,1-3H3,(H2,22,26)(H,23,25);1H. The Morgan fingerprint density at radius 3 is 2.55 bits per heavy atom. The maximum Gasteiger partial charge on any atom is 0.251 e. The van der Waals surface area contributed by atoms with Crippen LogP contribution in [0.4, 0.5) is 5.00 Å². The van der Waals surface area contributed by atoms with E-state index in [-0.39, 0.29) is 24.7 Å². The Kier molecular flexibility index (Phi) is 8.58. The van der Waals surface area contributed by atoms with Crippen molar-refractivity contribution in [2.75, 3.05) is 18.4 Å². The summed E-state index contributed by atoms with van der Waals surface area (Å²) in [7, 11) is 0. The number of nitrogens with zero attached hydrogens (tertiary/aromatic N) is 1. The second kappa shape index (κ2) is 10.5. The minimum absolute atomic E-state index is 0. The molecular weight excluding hydrogens is 426 g/mol. The molecule has 158 valence electrons. The zero-order valence-electron chi connectivity index (χ0n) is 17.0. The van der Waals surface area contributed by atoms with Gasteiger partial charge in [0.1, 0.15) is 5.00 Å². The van der Waals surface area contributed by atoms with Crippen molar-refractivity contribution in [2.45, 2.75) is 50.3 Å². The summed E-state index contributed by atoms with van der Waals surface area (Å²) in [4.78, 5) is 29.3. The van der Waals surface area contributed by atoms with Crippen molar-refractivity contribution in [3.8, 4) is 0 Å². The first-order valence-corrected chi connectivity index (χ1v) is 11.3. The highest BCUT2D eigenvalue weighted by Crippen LogP contribution is 2.37. The zero-order chi connectivity index (χ0) is 20.3. The lowest BCUT2D eigenvalue weighted by atomic mass is 10.0. The minimum Gasteiger partial charge on any atom is -0.365 e. The molecule has 0 radical (unpaired) electrons. The van der Waals surface area contributed by atoms with E-state index < -0.39 is 5.91 Å². The van der Waals surface area contributed by atoms with Crippen LogP contribution in [0.3, 0.4) is 0 Å². The number of rotatable bonds is 7. The maximum absolute atomic E-state index is 12.6. The Bertz CT molecular complexity index is 866. The number of halogens is 1. The van der Waals surface area contributed by atoms with Crippen LogP contribution in [0.1, 0.15) is 47.1 Å². The molecule has 29 heavy (non-hydrogen) atoms. The second-order valence-corrected chi connectivity index (χ2v) is 9.98. The van der Waals surface area contributed by atoms with Crippen LogP contribution in [-0.2, 0) is 24.2 Å². The number of thiophene rings is 1. The molecule has 0 spiro atoms. The monoisotopic (exact) mass is 453 g/mol. The molecular formula is C21H28ClN3O2S2. The SMILES string of the molecule is CCN1CCc2c(sc(NC(=O)Cc3ccc(SC(C)C)cc3)c2C(N)=O)C1.Cl. The lowest BCUT2D eigenvalue weighted by Crippen LogP contribution is -2.30. The average molecular weight is 454 g/mol. The van der Waals surface area contributed by atoms with Crippen LogP contribution in [-0.4, -0.2) is 35.1 Å². The first-order valence-electron chi connectivity index (χ1n) is 9.59. The van der Waals surface area contributed by atoms with Gasteiger partial charge in [-0.25, -0.2) is 0 Å². The number of primary amides is 1. The number of amides is 2. The summed E-state index contributed by atoms with van der Waals surface area (Å²) < 4.78 is 0. The molecule has 1 aromatic carbocycles. The van der Waals surface area contributed by atoms with Gasteiger partial charge in [0, 0.05) is 28.1 Å². The third kappa shape index (κ3) is 5.98. The molecule has 0 saturated carbocycles. The number of thioether (sulfide) groups is 1. The fourth-order valence-corrected chi connectivity index (χ4v) is 5.54. The van der Waals surface area contributed by atoms with E-state index in [4.69, 9.17) is 5.73 Å². The minimum atomic E-state index is -0.465. The molecule has 1 aliphatic rings. The van der Waals surface area contributed by atoms with E-state index in [0.717, 1.165) is 42.1 Å². The van der Waals surface area contributed by atoms with E-state index in [9.17, 15) is 9.59 Å². The summed E-state index contributed by atoms with van der Waals surface area (Å²) in [5.41, 5.74) is 8.08. The Morgan fingerprint density at radius 2 is 1.97 bits per heavy atom. The lowest BCUT2D eigenvalue weighted by molar-refractivity contribution is -0.115. The van der Waals surface area contributed by atoms with E-state index in [2.05, 4.69) is 31.0 Å². The van der Waals surface area contributed by atoms with Crippen LogP contribution in [0.25, 0.3) is 0 Å². The fourth-order valence-electron chi connectivity index (χ4n) is 3.39. The molecule has 0 bridgehead atoms. The highest BCUT2D eigenvalue weighted by molar-refractivity contribution is 7.99. The number of nitrogens with one attached hydrogen (secondary N) is 1. The molecule has 1 aliphatic heterocycles. The molecule has 0 aliphatic carbocycles. The van der Waals surface area contributed by atoms with Crippen LogP contribution >= 0.6 is 35.5 Å². The van der Waals surface area contributed by atoms with Crippen LogP contribution < -0.4 is 11.1 Å². The number of carbonyl (C=O) groups is 2. The van der Waals surface area contributed by atoms with Crippen molar-refractivity contribution < 1.29 is 9.59 Å². The molecule has 2 heterocycles. The average Bonchev–Trinajstić information content (AvgIpc) is 2.99.